The van der Waals surface area contributed by atoms with Crippen molar-refractivity contribution in [2.24, 2.45) is 5.73 Å². The zero-order valence-corrected chi connectivity index (χ0v) is 17.7. The number of halogens is 3. The molecule has 9 nitrogen and oxygen atoms in total. The Morgan fingerprint density at radius 3 is 2.76 bits per heavy atom. The maximum absolute atomic E-state index is 13.2. The van der Waals surface area contributed by atoms with Crippen LogP contribution in [0.5, 0.6) is 17.4 Å². The van der Waals surface area contributed by atoms with Gasteiger partial charge in [0, 0.05) is 31.3 Å². The van der Waals surface area contributed by atoms with Crippen LogP contribution < -0.4 is 19.9 Å². The van der Waals surface area contributed by atoms with Gasteiger partial charge in [-0.15, -0.1) is 0 Å². The van der Waals surface area contributed by atoms with Crippen molar-refractivity contribution < 1.29 is 32.1 Å². The number of nitrogens with one attached hydrogen (secondary N) is 1. The molecule has 0 unspecified atom stereocenters. The zero-order valence-electron chi connectivity index (χ0n) is 17.7. The van der Waals surface area contributed by atoms with E-state index < -0.39 is 17.9 Å². The van der Waals surface area contributed by atoms with Gasteiger partial charge >= 0.3 is 6.18 Å². The number of allylic oxidation sites excluding steroid dienone is 1. The van der Waals surface area contributed by atoms with Crippen molar-refractivity contribution in [3.8, 4) is 23.4 Å². The van der Waals surface area contributed by atoms with Crippen LogP contribution in [0, 0.1) is 11.3 Å². The molecule has 0 spiro atoms. The number of fused-ring (bicyclic) bond motifs is 1. The van der Waals surface area contributed by atoms with Crippen LogP contribution in [0.1, 0.15) is 23.0 Å². The first-order chi connectivity index (χ1) is 15.8. The second kappa shape index (κ2) is 9.21. The SMILES string of the molecule is COc1cc(OCCN2CCOCC2)ccc1[C@H]1C(C#N)=C(N)Oc2nc(C(F)(F)F)[nH]c21. The highest BCUT2D eigenvalue weighted by atomic mass is 19.4. The maximum atomic E-state index is 13.2. The first-order valence-corrected chi connectivity index (χ1v) is 10.2. The van der Waals surface area contributed by atoms with Gasteiger partial charge in [0.2, 0.25) is 17.6 Å². The number of H-pyrrole nitrogens is 1. The van der Waals surface area contributed by atoms with Gasteiger partial charge < -0.3 is 29.7 Å². The van der Waals surface area contributed by atoms with Gasteiger partial charge in [-0.25, -0.2) is 0 Å². The maximum Gasteiger partial charge on any atom is 0.449 e. The molecule has 12 heteroatoms. The van der Waals surface area contributed by atoms with E-state index in [4.69, 9.17) is 24.7 Å². The van der Waals surface area contributed by atoms with Gasteiger partial charge in [0.25, 0.3) is 0 Å². The van der Waals surface area contributed by atoms with Crippen LogP contribution in [0.25, 0.3) is 0 Å². The Morgan fingerprint density at radius 2 is 2.09 bits per heavy atom. The molecule has 0 saturated carbocycles. The lowest BCUT2D eigenvalue weighted by Crippen LogP contribution is -2.38. The lowest BCUT2D eigenvalue weighted by atomic mass is 9.87. The number of nitriles is 1. The molecule has 4 rings (SSSR count). The van der Waals surface area contributed by atoms with Gasteiger partial charge in [-0.3, -0.25) is 4.90 Å². The van der Waals surface area contributed by atoms with E-state index in [1.807, 2.05) is 6.07 Å². The predicted molar refractivity (Wildman–Crippen MR) is 109 cm³/mol. The fourth-order valence-electron chi connectivity index (χ4n) is 3.79. The summed E-state index contributed by atoms with van der Waals surface area (Å²) >= 11 is 0. The normalized spacial score (nSPS) is 18.9. The first-order valence-electron chi connectivity index (χ1n) is 10.2. The summed E-state index contributed by atoms with van der Waals surface area (Å²) in [5.41, 5.74) is 6.15. The van der Waals surface area contributed by atoms with Gasteiger partial charge in [0.15, 0.2) is 0 Å². The monoisotopic (exact) mass is 465 g/mol. The number of rotatable bonds is 6. The summed E-state index contributed by atoms with van der Waals surface area (Å²) < 4.78 is 61.5. The minimum atomic E-state index is -4.73. The standard InChI is InChI=1S/C21H22F3N5O4/c1-30-15-10-12(32-9-6-29-4-7-31-8-5-29)2-3-13(15)16-14(11-25)18(26)33-19-17(16)27-20(28-19)21(22,23)24/h2-3,10,16H,4-9,26H2,1H3,(H,27,28)/t16-/m0/s1. The lowest BCUT2D eigenvalue weighted by molar-refractivity contribution is -0.144. The topological polar surface area (TPSA) is 119 Å². The number of hydrogen-bond donors (Lipinski definition) is 2. The molecule has 0 aliphatic carbocycles. The Hall–Kier alpha value is -3.43. The van der Waals surface area contributed by atoms with Crippen LogP contribution in [0.15, 0.2) is 29.7 Å². The van der Waals surface area contributed by atoms with Crippen molar-refractivity contribution >= 4 is 0 Å². The third kappa shape index (κ3) is 4.69. The molecule has 3 N–H and O–H groups in total. The highest BCUT2D eigenvalue weighted by Gasteiger charge is 2.41. The highest BCUT2D eigenvalue weighted by molar-refractivity contribution is 5.56. The quantitative estimate of drug-likeness (QED) is 0.668. The molecule has 1 aromatic heterocycles. The Morgan fingerprint density at radius 1 is 1.33 bits per heavy atom. The number of morpholine rings is 1. The summed E-state index contributed by atoms with van der Waals surface area (Å²) in [5, 5.41) is 9.64. The van der Waals surface area contributed by atoms with E-state index >= 15 is 0 Å². The molecular formula is C21H22F3N5O4. The van der Waals surface area contributed by atoms with Gasteiger partial charge in [-0.2, -0.15) is 23.4 Å². The van der Waals surface area contributed by atoms with Gasteiger partial charge in [0.05, 0.1) is 31.9 Å². The minimum Gasteiger partial charge on any atom is -0.496 e. The number of aromatic nitrogens is 2. The number of nitrogens with zero attached hydrogens (tertiary/aromatic N) is 3. The summed E-state index contributed by atoms with van der Waals surface area (Å²) in [6.45, 7) is 4.23. The predicted octanol–water partition coefficient (Wildman–Crippen LogP) is 2.37. The van der Waals surface area contributed by atoms with Crippen molar-refractivity contribution in [2.75, 3.05) is 46.6 Å². The second-order valence-electron chi connectivity index (χ2n) is 7.43. The third-order valence-electron chi connectivity index (χ3n) is 5.43. The average Bonchev–Trinajstić information content (AvgIpc) is 3.23. The van der Waals surface area contributed by atoms with Crippen LogP contribution >= 0.6 is 0 Å². The van der Waals surface area contributed by atoms with Crippen molar-refractivity contribution in [2.45, 2.75) is 12.1 Å². The zero-order chi connectivity index (χ0) is 23.6. The van der Waals surface area contributed by atoms with E-state index in [-0.39, 0.29) is 23.0 Å². The largest absolute Gasteiger partial charge is 0.496 e. The molecule has 2 aliphatic heterocycles. The molecule has 1 aromatic carbocycles. The number of ether oxygens (including phenoxy) is 4. The molecule has 0 bridgehead atoms. The summed E-state index contributed by atoms with van der Waals surface area (Å²) in [4.78, 5) is 7.93. The van der Waals surface area contributed by atoms with Gasteiger partial charge in [0.1, 0.15) is 29.7 Å². The Labute approximate surface area is 187 Å². The molecule has 0 amide bonds. The molecule has 2 aromatic rings. The molecule has 1 atom stereocenters. The molecule has 2 aliphatic rings. The Bertz CT molecular complexity index is 1090. The van der Waals surface area contributed by atoms with E-state index in [1.165, 1.54) is 7.11 Å². The van der Waals surface area contributed by atoms with Crippen molar-refractivity contribution in [1.29, 1.82) is 5.26 Å². The number of imidazole rings is 1. The number of hydrogen-bond acceptors (Lipinski definition) is 8. The van der Waals surface area contributed by atoms with E-state index in [0.29, 0.717) is 36.9 Å². The average molecular weight is 465 g/mol. The number of nitrogens with two attached hydrogens (primary N) is 1. The number of benzene rings is 1. The number of alkyl halides is 3. The number of methoxy groups -OCH3 is 1. The molecule has 0 radical (unpaired) electrons. The van der Waals surface area contributed by atoms with E-state index in [1.54, 1.807) is 18.2 Å². The fraction of sp³-hybridized carbons (Fsp3) is 0.429. The molecule has 176 valence electrons. The second-order valence-corrected chi connectivity index (χ2v) is 7.43. The minimum absolute atomic E-state index is 0.0349. The first kappa shape index (κ1) is 22.8. The van der Waals surface area contributed by atoms with E-state index in [2.05, 4.69) is 14.9 Å². The van der Waals surface area contributed by atoms with E-state index in [9.17, 15) is 18.4 Å². The molecule has 3 heterocycles. The Balaban J connectivity index is 1.61. The van der Waals surface area contributed by atoms with Crippen LogP contribution in [-0.2, 0) is 10.9 Å². The molecular weight excluding hydrogens is 443 g/mol. The Kier molecular flexibility index (Phi) is 6.35. The summed E-state index contributed by atoms with van der Waals surface area (Å²) in [6, 6.07) is 6.84. The van der Waals surface area contributed by atoms with Crippen LogP contribution in [0.3, 0.4) is 0 Å². The summed E-state index contributed by atoms with van der Waals surface area (Å²) in [7, 11) is 1.42. The van der Waals surface area contributed by atoms with Gasteiger partial charge in [-0.05, 0) is 6.07 Å². The van der Waals surface area contributed by atoms with Gasteiger partial charge in [-0.1, -0.05) is 6.07 Å². The van der Waals surface area contributed by atoms with Crippen LogP contribution in [0.2, 0.25) is 0 Å². The van der Waals surface area contributed by atoms with E-state index in [0.717, 1.165) is 19.6 Å². The third-order valence-corrected chi connectivity index (χ3v) is 5.43. The van der Waals surface area contributed by atoms with Crippen molar-refractivity contribution in [3.05, 3.63) is 46.7 Å². The number of aromatic amines is 1. The molecule has 33 heavy (non-hydrogen) atoms. The lowest BCUT2D eigenvalue weighted by Gasteiger charge is -2.26. The molecule has 1 saturated heterocycles. The van der Waals surface area contributed by atoms with Crippen LogP contribution in [0.4, 0.5) is 13.2 Å². The molecule has 1 fully saturated rings. The van der Waals surface area contributed by atoms with Crippen molar-refractivity contribution in [1.82, 2.24) is 14.9 Å². The smallest absolute Gasteiger partial charge is 0.449 e. The highest BCUT2D eigenvalue weighted by Crippen LogP contribution is 2.45. The summed E-state index contributed by atoms with van der Waals surface area (Å²) in [5.74, 6) is -2.04. The van der Waals surface area contributed by atoms with Crippen LogP contribution in [-0.4, -0.2) is 61.4 Å². The van der Waals surface area contributed by atoms with Crippen molar-refractivity contribution in [3.63, 3.8) is 0 Å². The summed E-state index contributed by atoms with van der Waals surface area (Å²) in [6.07, 6.45) is -4.73. The fourth-order valence-corrected chi connectivity index (χ4v) is 3.79.